The zero-order valence-corrected chi connectivity index (χ0v) is 10.7. The number of aromatic hydroxyl groups is 1. The van der Waals surface area contributed by atoms with E-state index in [9.17, 15) is 0 Å². The number of hydrogen-bond acceptors (Lipinski definition) is 3. The topological polar surface area (TPSA) is 38.7 Å². The van der Waals surface area contributed by atoms with Crippen LogP contribution >= 0.6 is 22.6 Å². The van der Waals surface area contributed by atoms with Crippen LogP contribution in [0.1, 0.15) is 6.92 Å². The number of phenols is 1. The van der Waals surface area contributed by atoms with Crippen LogP contribution in [-0.2, 0) is 0 Å². The van der Waals surface area contributed by atoms with Gasteiger partial charge in [0.2, 0.25) is 0 Å². The Labute approximate surface area is 98.2 Å². The molecule has 1 aromatic rings. The van der Waals surface area contributed by atoms with E-state index in [1.165, 1.54) is 17.6 Å². The van der Waals surface area contributed by atoms with E-state index in [0.29, 0.717) is 11.5 Å². The largest absolute Gasteiger partial charge is 0.508 e. The van der Waals surface area contributed by atoms with E-state index >= 15 is 0 Å². The van der Waals surface area contributed by atoms with Crippen LogP contribution < -0.4 is 9.47 Å². The summed E-state index contributed by atoms with van der Waals surface area (Å²) in [6, 6.07) is 4.69. The predicted molar refractivity (Wildman–Crippen MR) is 65.8 cm³/mol. The van der Waals surface area contributed by atoms with Crippen molar-refractivity contribution in [1.29, 1.82) is 0 Å². The first-order chi connectivity index (χ1) is 6.69. The minimum atomic E-state index is 0.169. The monoisotopic (exact) mass is 310 g/mol. The van der Waals surface area contributed by atoms with Gasteiger partial charge in [0, 0.05) is 6.07 Å². The van der Waals surface area contributed by atoms with E-state index < -0.39 is 0 Å². The van der Waals surface area contributed by atoms with Gasteiger partial charge in [-0.15, -0.1) is 0 Å². The van der Waals surface area contributed by atoms with E-state index in [-0.39, 0.29) is 5.75 Å². The van der Waals surface area contributed by atoms with Crippen LogP contribution in [0.3, 0.4) is 0 Å². The van der Waals surface area contributed by atoms with Crippen LogP contribution in [0.25, 0.3) is 0 Å². The summed E-state index contributed by atoms with van der Waals surface area (Å²) in [6.45, 7) is 2.11. The van der Waals surface area contributed by atoms with Crippen molar-refractivity contribution in [3.63, 3.8) is 0 Å². The molecule has 0 spiro atoms. The molecule has 0 aromatic heterocycles. The van der Waals surface area contributed by atoms with Crippen molar-refractivity contribution < 1.29 is 14.6 Å². The van der Waals surface area contributed by atoms with Gasteiger partial charge in [0.05, 0.1) is 14.2 Å². The Hall–Kier alpha value is -0.650. The Morgan fingerprint density at radius 2 is 1.71 bits per heavy atom. The lowest BCUT2D eigenvalue weighted by molar-refractivity contribution is 0.351. The quantitative estimate of drug-likeness (QED) is 0.674. The number of phenolic OH excluding ortho intramolecular Hbond substituents is 1. The van der Waals surface area contributed by atoms with Crippen molar-refractivity contribution in [2.24, 2.45) is 0 Å². The van der Waals surface area contributed by atoms with Crippen LogP contribution in [0.4, 0.5) is 0 Å². The van der Waals surface area contributed by atoms with Crippen molar-refractivity contribution in [3.05, 3.63) is 18.2 Å². The molecule has 0 aliphatic rings. The number of methoxy groups -OCH3 is 2. The molecule has 1 rings (SSSR count). The SMILES string of the molecule is CCI.COc1ccc(O)cc1OC. The first kappa shape index (κ1) is 13.4. The molecule has 0 amide bonds. The molecule has 4 heteroatoms. The molecule has 0 radical (unpaired) electrons. The number of alkyl halides is 1. The van der Waals surface area contributed by atoms with Gasteiger partial charge in [-0.2, -0.15) is 0 Å². The van der Waals surface area contributed by atoms with Crippen molar-refractivity contribution in [1.82, 2.24) is 0 Å². The van der Waals surface area contributed by atoms with Gasteiger partial charge >= 0.3 is 0 Å². The maximum absolute atomic E-state index is 9.03. The number of ether oxygens (including phenoxy) is 2. The summed E-state index contributed by atoms with van der Waals surface area (Å²) >= 11 is 2.29. The molecule has 0 aliphatic heterocycles. The number of rotatable bonds is 2. The van der Waals surface area contributed by atoms with E-state index in [1.54, 1.807) is 19.2 Å². The molecule has 1 aromatic carbocycles. The molecular formula is C10H15IO3. The zero-order valence-electron chi connectivity index (χ0n) is 8.58. The third-order valence-corrected chi connectivity index (χ3v) is 1.37. The van der Waals surface area contributed by atoms with Gasteiger partial charge in [0.25, 0.3) is 0 Å². The number of hydrogen-bond donors (Lipinski definition) is 1. The highest BCUT2D eigenvalue weighted by molar-refractivity contribution is 14.1. The summed E-state index contributed by atoms with van der Waals surface area (Å²) in [6.07, 6.45) is 0. The molecule has 0 saturated heterocycles. The molecule has 3 nitrogen and oxygen atoms in total. The lowest BCUT2D eigenvalue weighted by Crippen LogP contribution is -1.88. The molecule has 0 unspecified atom stereocenters. The Morgan fingerprint density at radius 3 is 2.14 bits per heavy atom. The Kier molecular flexibility index (Phi) is 7.37. The highest BCUT2D eigenvalue weighted by Crippen LogP contribution is 2.29. The van der Waals surface area contributed by atoms with Gasteiger partial charge in [0.1, 0.15) is 5.75 Å². The highest BCUT2D eigenvalue weighted by Gasteiger charge is 2.01. The molecule has 0 heterocycles. The Bertz CT molecular complexity index is 264. The number of benzene rings is 1. The average Bonchev–Trinajstić information content (AvgIpc) is 2.19. The van der Waals surface area contributed by atoms with Gasteiger partial charge < -0.3 is 14.6 Å². The zero-order chi connectivity index (χ0) is 11.0. The third-order valence-electron chi connectivity index (χ3n) is 1.37. The average molecular weight is 310 g/mol. The summed E-state index contributed by atoms with van der Waals surface area (Å²) in [5.41, 5.74) is 0. The summed E-state index contributed by atoms with van der Waals surface area (Å²) in [5.74, 6) is 1.32. The van der Waals surface area contributed by atoms with Crippen LogP contribution in [0.2, 0.25) is 0 Å². The maximum atomic E-state index is 9.03. The molecule has 1 N–H and O–H groups in total. The van der Waals surface area contributed by atoms with Crippen molar-refractivity contribution in [2.75, 3.05) is 18.6 Å². The third kappa shape index (κ3) is 4.55. The van der Waals surface area contributed by atoms with E-state index in [0.717, 1.165) is 0 Å². The number of halogens is 1. The lowest BCUT2D eigenvalue weighted by atomic mass is 10.3. The fraction of sp³-hybridized carbons (Fsp3) is 0.400. The van der Waals surface area contributed by atoms with Gasteiger partial charge in [0.15, 0.2) is 11.5 Å². The second kappa shape index (κ2) is 7.73. The van der Waals surface area contributed by atoms with Crippen LogP contribution in [0, 0.1) is 0 Å². The molecule has 0 bridgehead atoms. The minimum absolute atomic E-state index is 0.169. The molecule has 0 fully saturated rings. The Morgan fingerprint density at radius 1 is 1.21 bits per heavy atom. The minimum Gasteiger partial charge on any atom is -0.508 e. The van der Waals surface area contributed by atoms with Crippen LogP contribution in [0.5, 0.6) is 17.2 Å². The van der Waals surface area contributed by atoms with Gasteiger partial charge in [-0.05, 0) is 16.6 Å². The summed E-state index contributed by atoms with van der Waals surface area (Å²) < 4.78 is 11.1. The second-order valence-corrected chi connectivity index (χ2v) is 3.83. The summed E-state index contributed by atoms with van der Waals surface area (Å²) in [7, 11) is 3.08. The first-order valence-electron chi connectivity index (χ1n) is 4.16. The van der Waals surface area contributed by atoms with Crippen molar-refractivity contribution in [3.8, 4) is 17.2 Å². The lowest BCUT2D eigenvalue weighted by Gasteiger charge is -2.06. The van der Waals surface area contributed by atoms with E-state index in [4.69, 9.17) is 14.6 Å². The first-order valence-corrected chi connectivity index (χ1v) is 5.69. The molecule has 0 saturated carbocycles. The van der Waals surface area contributed by atoms with Crippen molar-refractivity contribution >= 4 is 22.6 Å². The van der Waals surface area contributed by atoms with E-state index in [1.807, 2.05) is 0 Å². The predicted octanol–water partition coefficient (Wildman–Crippen LogP) is 2.85. The van der Waals surface area contributed by atoms with E-state index in [2.05, 4.69) is 29.5 Å². The highest BCUT2D eigenvalue weighted by atomic mass is 127. The standard InChI is InChI=1S/C8H10O3.C2H5I/c1-10-7-4-3-6(9)5-8(7)11-2;1-2-3/h3-5,9H,1-2H3;2H2,1H3. The molecule has 0 aliphatic carbocycles. The van der Waals surface area contributed by atoms with Gasteiger partial charge in [-0.25, -0.2) is 0 Å². The maximum Gasteiger partial charge on any atom is 0.164 e. The van der Waals surface area contributed by atoms with Crippen LogP contribution in [-0.4, -0.2) is 23.8 Å². The summed E-state index contributed by atoms with van der Waals surface area (Å²) in [4.78, 5) is 0. The van der Waals surface area contributed by atoms with Gasteiger partial charge in [-0.3, -0.25) is 0 Å². The fourth-order valence-electron chi connectivity index (χ4n) is 0.825. The summed E-state index contributed by atoms with van der Waals surface area (Å²) in [5, 5.41) is 9.03. The fourth-order valence-corrected chi connectivity index (χ4v) is 0.825. The smallest absolute Gasteiger partial charge is 0.164 e. The second-order valence-electron chi connectivity index (χ2n) is 2.31. The molecule has 0 atom stereocenters. The molecule has 80 valence electrons. The van der Waals surface area contributed by atoms with Gasteiger partial charge in [-0.1, -0.05) is 29.5 Å². The molecular weight excluding hydrogens is 295 g/mol. The Balaban J connectivity index is 0.000000500. The molecule has 14 heavy (non-hydrogen) atoms. The normalized spacial score (nSPS) is 8.57. The van der Waals surface area contributed by atoms with Crippen molar-refractivity contribution in [2.45, 2.75) is 6.92 Å². The van der Waals surface area contributed by atoms with Crippen LogP contribution in [0.15, 0.2) is 18.2 Å².